The lowest BCUT2D eigenvalue weighted by Gasteiger charge is -2.36. The molecule has 2 bridgehead atoms. The minimum absolute atomic E-state index is 0.0540. The van der Waals surface area contributed by atoms with Crippen molar-refractivity contribution >= 4 is 66.8 Å². The van der Waals surface area contributed by atoms with Crippen LogP contribution in [-0.2, 0) is 10.3 Å². The van der Waals surface area contributed by atoms with E-state index in [2.05, 4.69) is 20.2 Å². The van der Waals surface area contributed by atoms with Gasteiger partial charge in [0.15, 0.2) is 5.13 Å². The fraction of sp³-hybridized carbons (Fsp3) is 0.423. The van der Waals surface area contributed by atoms with Crippen LogP contribution in [-0.4, -0.2) is 58.7 Å². The number of nitrogens with zero attached hydrogens (tertiary/aromatic N) is 4. The van der Waals surface area contributed by atoms with Gasteiger partial charge in [-0.25, -0.2) is 14.2 Å². The number of nitrogens with two attached hydrogens (primary N) is 1. The van der Waals surface area contributed by atoms with E-state index in [4.69, 9.17) is 22.1 Å². The second kappa shape index (κ2) is 8.04. The Morgan fingerprint density at radius 1 is 1.26 bits per heavy atom. The average Bonchev–Trinajstić information content (AvgIpc) is 3.26. The highest BCUT2D eigenvalue weighted by Crippen LogP contribution is 2.57. The van der Waals surface area contributed by atoms with E-state index in [1.54, 1.807) is 24.9 Å². The van der Waals surface area contributed by atoms with Crippen molar-refractivity contribution in [1.82, 2.24) is 19.9 Å². The molecular formula is C26H24ClFN6O2S2. The molecule has 4 aromatic rings. The number of anilines is 2. The van der Waals surface area contributed by atoms with Gasteiger partial charge in [0.2, 0.25) is 0 Å². The molecule has 2 aromatic heterocycles. The van der Waals surface area contributed by atoms with Crippen LogP contribution >= 0.6 is 34.7 Å². The molecule has 2 saturated heterocycles. The molecule has 3 N–H and O–H groups in total. The number of methoxy groups -OCH3 is 1. The third-order valence-corrected chi connectivity index (χ3v) is 11.1. The van der Waals surface area contributed by atoms with Crippen molar-refractivity contribution in [3.05, 3.63) is 39.5 Å². The van der Waals surface area contributed by atoms with E-state index in [-0.39, 0.29) is 17.6 Å². The largest absolute Gasteiger partial charge is 0.379 e. The van der Waals surface area contributed by atoms with Gasteiger partial charge in [-0.05, 0) is 31.0 Å². The van der Waals surface area contributed by atoms with Crippen molar-refractivity contribution in [1.29, 1.82) is 0 Å². The minimum atomic E-state index is -0.440. The van der Waals surface area contributed by atoms with Gasteiger partial charge in [-0.15, -0.1) is 11.8 Å². The van der Waals surface area contributed by atoms with Crippen LogP contribution in [0, 0.1) is 5.82 Å². The molecule has 1 spiro atoms. The van der Waals surface area contributed by atoms with Crippen LogP contribution in [0.5, 0.6) is 0 Å². The highest BCUT2D eigenvalue weighted by Gasteiger charge is 2.60. The van der Waals surface area contributed by atoms with Crippen LogP contribution in [0.15, 0.2) is 27.9 Å². The van der Waals surface area contributed by atoms with Gasteiger partial charge in [-0.1, -0.05) is 22.9 Å². The smallest absolute Gasteiger partial charge is 0.350 e. The van der Waals surface area contributed by atoms with Crippen LogP contribution in [0.3, 0.4) is 0 Å². The lowest BCUT2D eigenvalue weighted by molar-refractivity contribution is 0.150. The molecule has 1 aliphatic carbocycles. The van der Waals surface area contributed by atoms with Gasteiger partial charge in [0.25, 0.3) is 0 Å². The van der Waals surface area contributed by atoms with E-state index in [0.29, 0.717) is 49.6 Å². The topological polar surface area (TPSA) is 98.3 Å². The number of nitrogens with one attached hydrogen (secondary N) is 1. The number of piperazine rings is 1. The zero-order chi connectivity index (χ0) is 25.9. The predicted molar refractivity (Wildman–Crippen MR) is 150 cm³/mol. The second-order valence-electron chi connectivity index (χ2n) is 10.7. The van der Waals surface area contributed by atoms with Crippen LogP contribution < -0.4 is 21.6 Å². The Morgan fingerprint density at radius 3 is 2.79 bits per heavy atom. The Kier molecular flexibility index (Phi) is 4.96. The van der Waals surface area contributed by atoms with Gasteiger partial charge in [0.1, 0.15) is 11.6 Å². The minimum Gasteiger partial charge on any atom is -0.379 e. The lowest BCUT2D eigenvalue weighted by atomic mass is 10.0. The zero-order valence-corrected chi connectivity index (χ0v) is 22.9. The highest BCUT2D eigenvalue weighted by atomic mass is 35.5. The second-order valence-corrected chi connectivity index (χ2v) is 13.1. The summed E-state index contributed by atoms with van der Waals surface area (Å²) in [6.07, 6.45) is 2.95. The molecule has 2 aromatic carbocycles. The van der Waals surface area contributed by atoms with Gasteiger partial charge < -0.3 is 20.7 Å². The third kappa shape index (κ3) is 3.13. The number of benzene rings is 2. The first-order valence-corrected chi connectivity index (χ1v) is 14.9. The summed E-state index contributed by atoms with van der Waals surface area (Å²) < 4.78 is 22.7. The first-order chi connectivity index (χ1) is 18.4. The van der Waals surface area contributed by atoms with Crippen molar-refractivity contribution in [2.24, 2.45) is 0 Å². The molecule has 3 aliphatic heterocycles. The number of thioether (sulfide) groups is 1. The van der Waals surface area contributed by atoms with Crippen LogP contribution in [0.25, 0.3) is 32.2 Å². The van der Waals surface area contributed by atoms with E-state index in [9.17, 15) is 9.18 Å². The fourth-order valence-corrected chi connectivity index (χ4v) is 9.38. The summed E-state index contributed by atoms with van der Waals surface area (Å²) in [5.41, 5.74) is 8.03. The van der Waals surface area contributed by atoms with Gasteiger partial charge in [-0.2, -0.15) is 4.98 Å². The normalized spacial score (nSPS) is 27.7. The molecule has 8 nitrogen and oxygen atoms in total. The average molecular weight is 571 g/mol. The molecule has 4 atom stereocenters. The van der Waals surface area contributed by atoms with E-state index >= 15 is 0 Å². The summed E-state index contributed by atoms with van der Waals surface area (Å²) in [4.78, 5) is 26.1. The van der Waals surface area contributed by atoms with Crippen molar-refractivity contribution in [3.8, 4) is 11.1 Å². The SMILES string of the molecule is COC1CC12CSc1c(-c3ccc(F)c4sc(N)nc34)c(Cl)cc3c(N4CC5CCC(C4)N5)nc(=O)n2c13. The predicted octanol–water partition coefficient (Wildman–Crippen LogP) is 4.21. The Balaban J connectivity index is 1.44. The summed E-state index contributed by atoms with van der Waals surface area (Å²) >= 11 is 9.86. The number of thiazole rings is 1. The number of halogens is 2. The first kappa shape index (κ1) is 23.4. The van der Waals surface area contributed by atoms with Crippen LogP contribution in [0.4, 0.5) is 15.3 Å². The van der Waals surface area contributed by atoms with E-state index in [1.807, 2.05) is 10.6 Å². The summed E-state index contributed by atoms with van der Waals surface area (Å²) in [5.74, 6) is 0.972. The third-order valence-electron chi connectivity index (χ3n) is 8.54. The molecule has 12 heteroatoms. The monoisotopic (exact) mass is 570 g/mol. The molecule has 4 aliphatic rings. The Labute approximate surface area is 230 Å². The van der Waals surface area contributed by atoms with E-state index in [1.165, 1.54) is 6.07 Å². The quantitative estimate of drug-likeness (QED) is 0.378. The molecule has 1 saturated carbocycles. The number of hydrogen-bond donors (Lipinski definition) is 2. The Morgan fingerprint density at radius 2 is 2.05 bits per heavy atom. The first-order valence-electron chi connectivity index (χ1n) is 12.7. The van der Waals surface area contributed by atoms with Gasteiger partial charge in [-0.3, -0.25) is 4.57 Å². The maximum atomic E-state index is 14.7. The van der Waals surface area contributed by atoms with Crippen LogP contribution in [0.1, 0.15) is 19.3 Å². The number of ether oxygens (including phenoxy) is 1. The maximum Gasteiger partial charge on any atom is 0.350 e. The summed E-state index contributed by atoms with van der Waals surface area (Å²) in [6.45, 7) is 1.60. The van der Waals surface area contributed by atoms with Gasteiger partial charge in [0.05, 0.1) is 32.4 Å². The molecule has 4 unspecified atom stereocenters. The number of aromatic nitrogens is 3. The molecule has 5 heterocycles. The summed E-state index contributed by atoms with van der Waals surface area (Å²) in [6, 6.07) is 5.84. The molecular weight excluding hydrogens is 547 g/mol. The number of rotatable bonds is 3. The zero-order valence-electron chi connectivity index (χ0n) is 20.5. The van der Waals surface area contributed by atoms with E-state index < -0.39 is 5.54 Å². The summed E-state index contributed by atoms with van der Waals surface area (Å²) in [7, 11) is 1.69. The van der Waals surface area contributed by atoms with Gasteiger partial charge in [0, 0.05) is 65.9 Å². The Bertz CT molecular complexity index is 1730. The standard InChI is InChI=1S/C26H24ClFN6O2S2/c1-36-17-7-26(17)10-37-22-18(13-4-5-16(28)21-19(13)31-24(29)38-21)15(27)6-14-20(22)34(26)25(35)32-23(14)33-8-11-2-3-12(9-33)30-11/h4-6,11-12,17,30H,2-3,7-10H2,1H3,(H2,29,31). The van der Waals surface area contributed by atoms with Crippen molar-refractivity contribution in [2.45, 2.75) is 47.9 Å². The number of nitrogen functional groups attached to an aromatic ring is 1. The van der Waals surface area contributed by atoms with E-state index in [0.717, 1.165) is 65.1 Å². The van der Waals surface area contributed by atoms with Crippen molar-refractivity contribution < 1.29 is 9.13 Å². The van der Waals surface area contributed by atoms with Crippen molar-refractivity contribution in [3.63, 3.8) is 0 Å². The molecule has 196 valence electrons. The Hall–Kier alpha value is -2.44. The van der Waals surface area contributed by atoms with Gasteiger partial charge >= 0.3 is 5.69 Å². The number of fused-ring (bicyclic) bond motifs is 4. The highest BCUT2D eigenvalue weighted by molar-refractivity contribution is 7.99. The van der Waals surface area contributed by atoms with Crippen LogP contribution in [0.2, 0.25) is 5.02 Å². The molecule has 0 radical (unpaired) electrons. The molecule has 3 fully saturated rings. The van der Waals surface area contributed by atoms with Crippen molar-refractivity contribution in [2.75, 3.05) is 36.6 Å². The molecule has 0 amide bonds. The lowest BCUT2D eigenvalue weighted by Crippen LogP contribution is -2.52. The molecule has 8 rings (SSSR count). The fourth-order valence-electron chi connectivity index (χ4n) is 6.73. The maximum absolute atomic E-state index is 14.7. The summed E-state index contributed by atoms with van der Waals surface area (Å²) in [5, 5.41) is 5.32. The number of hydrogen-bond acceptors (Lipinski definition) is 9. The molecule has 38 heavy (non-hydrogen) atoms.